The summed E-state index contributed by atoms with van der Waals surface area (Å²) in [4.78, 5) is 15.7. The summed E-state index contributed by atoms with van der Waals surface area (Å²) in [6.45, 7) is 1.85. The molecule has 0 aliphatic rings. The van der Waals surface area contributed by atoms with Crippen molar-refractivity contribution in [3.05, 3.63) is 65.9 Å². The van der Waals surface area contributed by atoms with Crippen LogP contribution in [0.1, 0.15) is 16.1 Å². The van der Waals surface area contributed by atoms with E-state index in [2.05, 4.69) is 4.98 Å². The Kier molecular flexibility index (Phi) is 3.28. The van der Waals surface area contributed by atoms with Crippen molar-refractivity contribution in [1.29, 1.82) is 0 Å². The first kappa shape index (κ1) is 13.1. The average molecular weight is 279 g/mol. The number of oxazole rings is 1. The molecule has 1 N–H and O–H groups in total. The van der Waals surface area contributed by atoms with Crippen molar-refractivity contribution >= 4 is 5.97 Å². The molecular formula is C17H13NO3. The molecule has 0 radical (unpaired) electrons. The van der Waals surface area contributed by atoms with Gasteiger partial charge in [-0.15, -0.1) is 0 Å². The van der Waals surface area contributed by atoms with Gasteiger partial charge >= 0.3 is 5.97 Å². The van der Waals surface area contributed by atoms with Crippen LogP contribution in [0.15, 0.2) is 59.0 Å². The number of hydrogen-bond acceptors (Lipinski definition) is 3. The summed E-state index contributed by atoms with van der Waals surface area (Å²) in [6.07, 6.45) is 0. The molecule has 3 aromatic rings. The van der Waals surface area contributed by atoms with Gasteiger partial charge in [0.2, 0.25) is 5.89 Å². The van der Waals surface area contributed by atoms with Crippen molar-refractivity contribution in [2.75, 3.05) is 0 Å². The van der Waals surface area contributed by atoms with Crippen molar-refractivity contribution in [3.63, 3.8) is 0 Å². The highest BCUT2D eigenvalue weighted by atomic mass is 16.4. The van der Waals surface area contributed by atoms with Crippen molar-refractivity contribution in [3.8, 4) is 22.8 Å². The molecule has 0 atom stereocenters. The summed E-state index contributed by atoms with van der Waals surface area (Å²) in [6, 6.07) is 16.3. The Hall–Kier alpha value is -2.88. The van der Waals surface area contributed by atoms with Crippen molar-refractivity contribution in [2.24, 2.45) is 0 Å². The van der Waals surface area contributed by atoms with Crippen LogP contribution in [0.3, 0.4) is 0 Å². The normalized spacial score (nSPS) is 10.5. The van der Waals surface area contributed by atoms with Gasteiger partial charge in [0.1, 0.15) is 0 Å². The van der Waals surface area contributed by atoms with Gasteiger partial charge < -0.3 is 9.52 Å². The van der Waals surface area contributed by atoms with E-state index in [0.29, 0.717) is 17.2 Å². The van der Waals surface area contributed by atoms with Crippen molar-refractivity contribution in [2.45, 2.75) is 6.92 Å². The molecule has 0 amide bonds. The Morgan fingerprint density at radius 3 is 2.43 bits per heavy atom. The summed E-state index contributed by atoms with van der Waals surface area (Å²) >= 11 is 0. The van der Waals surface area contributed by atoms with E-state index in [-0.39, 0.29) is 5.56 Å². The lowest BCUT2D eigenvalue weighted by molar-refractivity contribution is 0.0697. The van der Waals surface area contributed by atoms with Gasteiger partial charge in [-0.1, -0.05) is 42.5 Å². The first-order chi connectivity index (χ1) is 10.2. The molecule has 0 spiro atoms. The first-order valence-corrected chi connectivity index (χ1v) is 6.52. The maximum absolute atomic E-state index is 11.3. The van der Waals surface area contributed by atoms with Gasteiger partial charge in [-0.3, -0.25) is 0 Å². The third-order valence-electron chi connectivity index (χ3n) is 3.22. The predicted molar refractivity (Wildman–Crippen MR) is 79.1 cm³/mol. The van der Waals surface area contributed by atoms with E-state index in [1.165, 1.54) is 0 Å². The highest BCUT2D eigenvalue weighted by molar-refractivity contribution is 5.94. The smallest absolute Gasteiger partial charge is 0.336 e. The number of aromatic nitrogens is 1. The van der Waals surface area contributed by atoms with E-state index in [1.54, 1.807) is 24.3 Å². The largest absolute Gasteiger partial charge is 0.478 e. The third-order valence-corrected chi connectivity index (χ3v) is 3.22. The molecule has 0 bridgehead atoms. The second-order valence-electron chi connectivity index (χ2n) is 4.65. The Morgan fingerprint density at radius 1 is 1.05 bits per heavy atom. The monoisotopic (exact) mass is 279 g/mol. The Morgan fingerprint density at radius 2 is 1.71 bits per heavy atom. The average Bonchev–Trinajstić information content (AvgIpc) is 2.90. The predicted octanol–water partition coefficient (Wildman–Crippen LogP) is 4.02. The molecule has 0 aliphatic heterocycles. The van der Waals surface area contributed by atoms with Crippen LogP contribution in [-0.4, -0.2) is 16.1 Å². The van der Waals surface area contributed by atoms with E-state index in [0.717, 1.165) is 11.3 Å². The second-order valence-corrected chi connectivity index (χ2v) is 4.65. The SMILES string of the molecule is Cc1nc(-c2ccccc2C(=O)O)oc1-c1ccccc1. The number of benzene rings is 2. The minimum atomic E-state index is -0.997. The third kappa shape index (κ3) is 2.43. The molecule has 4 nitrogen and oxygen atoms in total. The number of aryl methyl sites for hydroxylation is 1. The molecule has 0 aliphatic carbocycles. The van der Waals surface area contributed by atoms with Gasteiger partial charge in [0.15, 0.2) is 5.76 Å². The van der Waals surface area contributed by atoms with Crippen LogP contribution in [0.2, 0.25) is 0 Å². The zero-order valence-corrected chi connectivity index (χ0v) is 11.4. The Labute approximate surface area is 121 Å². The van der Waals surface area contributed by atoms with Crippen LogP contribution < -0.4 is 0 Å². The molecule has 0 unspecified atom stereocenters. The summed E-state index contributed by atoms with van der Waals surface area (Å²) < 4.78 is 5.80. The standard InChI is InChI=1S/C17H13NO3/c1-11-15(12-7-3-2-4-8-12)21-16(18-11)13-9-5-6-10-14(13)17(19)20/h2-10H,1H3,(H,19,20). The fourth-order valence-electron chi connectivity index (χ4n) is 2.23. The number of hydrogen-bond donors (Lipinski definition) is 1. The molecule has 2 aromatic carbocycles. The number of carboxylic acids is 1. The highest BCUT2D eigenvalue weighted by Gasteiger charge is 2.18. The second kappa shape index (κ2) is 5.25. The zero-order valence-electron chi connectivity index (χ0n) is 11.4. The lowest BCUT2D eigenvalue weighted by atomic mass is 10.1. The van der Waals surface area contributed by atoms with Gasteiger partial charge in [0.05, 0.1) is 16.8 Å². The van der Waals surface area contributed by atoms with E-state index < -0.39 is 5.97 Å². The van der Waals surface area contributed by atoms with Crippen molar-refractivity contribution < 1.29 is 14.3 Å². The van der Waals surface area contributed by atoms with Gasteiger partial charge in [-0.05, 0) is 19.1 Å². The maximum atomic E-state index is 11.3. The molecule has 21 heavy (non-hydrogen) atoms. The topological polar surface area (TPSA) is 63.3 Å². The number of nitrogens with zero attached hydrogens (tertiary/aromatic N) is 1. The van der Waals surface area contributed by atoms with Gasteiger partial charge in [-0.2, -0.15) is 0 Å². The van der Waals surface area contributed by atoms with Crippen molar-refractivity contribution in [1.82, 2.24) is 4.98 Å². The highest BCUT2D eigenvalue weighted by Crippen LogP contribution is 2.30. The van der Waals surface area contributed by atoms with Gasteiger partial charge in [-0.25, -0.2) is 9.78 Å². The molecule has 3 rings (SSSR count). The van der Waals surface area contributed by atoms with Gasteiger partial charge in [0.25, 0.3) is 0 Å². The summed E-state index contributed by atoms with van der Waals surface area (Å²) in [5.41, 5.74) is 2.31. The fourth-order valence-corrected chi connectivity index (χ4v) is 2.23. The lowest BCUT2D eigenvalue weighted by Crippen LogP contribution is -1.99. The molecule has 1 heterocycles. The van der Waals surface area contributed by atoms with E-state index in [1.807, 2.05) is 37.3 Å². The quantitative estimate of drug-likeness (QED) is 0.786. The molecule has 0 fully saturated rings. The molecule has 1 aromatic heterocycles. The summed E-state index contributed by atoms with van der Waals surface area (Å²) in [5, 5.41) is 9.25. The van der Waals surface area contributed by atoms with E-state index in [9.17, 15) is 9.90 Å². The minimum Gasteiger partial charge on any atom is -0.478 e. The first-order valence-electron chi connectivity index (χ1n) is 6.52. The molecule has 0 saturated heterocycles. The number of rotatable bonds is 3. The minimum absolute atomic E-state index is 0.179. The molecular weight excluding hydrogens is 266 g/mol. The van der Waals surface area contributed by atoms with Crippen LogP contribution >= 0.6 is 0 Å². The Balaban J connectivity index is 2.12. The molecule has 0 saturated carbocycles. The lowest BCUT2D eigenvalue weighted by Gasteiger charge is -2.01. The Bertz CT molecular complexity index is 791. The van der Waals surface area contributed by atoms with E-state index in [4.69, 9.17) is 4.42 Å². The number of aromatic carboxylic acids is 1. The van der Waals surface area contributed by atoms with Crippen LogP contribution in [0.4, 0.5) is 0 Å². The fraction of sp³-hybridized carbons (Fsp3) is 0.0588. The van der Waals surface area contributed by atoms with Crippen LogP contribution in [0.5, 0.6) is 0 Å². The van der Waals surface area contributed by atoms with Gasteiger partial charge in [0, 0.05) is 5.56 Å². The van der Waals surface area contributed by atoms with Crippen LogP contribution in [-0.2, 0) is 0 Å². The van der Waals surface area contributed by atoms with Crippen LogP contribution in [0, 0.1) is 6.92 Å². The number of carboxylic acid groups (broad SMARTS) is 1. The zero-order chi connectivity index (χ0) is 14.8. The number of carbonyl (C=O) groups is 1. The maximum Gasteiger partial charge on any atom is 0.336 e. The molecule has 4 heteroatoms. The van der Waals surface area contributed by atoms with Crippen LogP contribution in [0.25, 0.3) is 22.8 Å². The summed E-state index contributed by atoms with van der Waals surface area (Å²) in [7, 11) is 0. The molecule has 104 valence electrons. The summed E-state index contributed by atoms with van der Waals surface area (Å²) in [5.74, 6) is -0.0159. The van der Waals surface area contributed by atoms with E-state index >= 15 is 0 Å².